The molecule has 0 aromatic rings. The monoisotopic (exact) mass is 233 g/mol. The van der Waals surface area contributed by atoms with E-state index in [-0.39, 0.29) is 24.4 Å². The van der Waals surface area contributed by atoms with Gasteiger partial charge in [0, 0.05) is 7.11 Å². The van der Waals surface area contributed by atoms with Gasteiger partial charge in [-0.25, -0.2) is 0 Å². The third-order valence-corrected chi connectivity index (χ3v) is 2.79. The Morgan fingerprint density at radius 3 is 2.50 bits per heavy atom. The maximum atomic E-state index is 11.3. The fraction of sp³-hybridized carbons (Fsp3) is 0.889. The fourth-order valence-electron chi connectivity index (χ4n) is 1.97. The third-order valence-electron chi connectivity index (χ3n) is 2.79. The minimum absolute atomic E-state index is 0.256. The zero-order valence-electron chi connectivity index (χ0n) is 9.25. The van der Waals surface area contributed by atoms with Crippen LogP contribution >= 0.6 is 0 Å². The van der Waals surface area contributed by atoms with Gasteiger partial charge in [0.15, 0.2) is 0 Å². The molecule has 7 heteroatoms. The molecule has 0 unspecified atom stereocenters. The second kappa shape index (κ2) is 5.64. The Morgan fingerprint density at radius 1 is 1.31 bits per heavy atom. The molecule has 0 saturated heterocycles. The van der Waals surface area contributed by atoms with Gasteiger partial charge in [0.2, 0.25) is 0 Å². The van der Waals surface area contributed by atoms with Gasteiger partial charge in [-0.15, -0.1) is 10.1 Å². The van der Waals surface area contributed by atoms with Crippen molar-refractivity contribution in [2.45, 2.75) is 31.5 Å². The van der Waals surface area contributed by atoms with Crippen LogP contribution in [0.15, 0.2) is 0 Å². The van der Waals surface area contributed by atoms with Crippen LogP contribution in [0.4, 0.5) is 0 Å². The highest BCUT2D eigenvalue weighted by molar-refractivity contribution is 5.72. The van der Waals surface area contributed by atoms with Crippen LogP contribution in [-0.2, 0) is 19.1 Å². The second-order valence-corrected chi connectivity index (χ2v) is 3.67. The van der Waals surface area contributed by atoms with E-state index in [1.165, 1.54) is 14.2 Å². The van der Waals surface area contributed by atoms with Gasteiger partial charge in [0.25, 0.3) is 5.09 Å². The zero-order chi connectivity index (χ0) is 12.1. The molecular weight excluding hydrogens is 218 g/mol. The van der Waals surface area contributed by atoms with Crippen LogP contribution in [0.2, 0.25) is 0 Å². The van der Waals surface area contributed by atoms with Gasteiger partial charge in [-0.2, -0.15) is 0 Å². The smallest absolute Gasteiger partial charge is 0.308 e. The van der Waals surface area contributed by atoms with E-state index in [1.807, 2.05) is 0 Å². The fourth-order valence-corrected chi connectivity index (χ4v) is 1.97. The average molecular weight is 233 g/mol. The predicted molar refractivity (Wildman–Crippen MR) is 52.0 cm³/mol. The van der Waals surface area contributed by atoms with Gasteiger partial charge in [-0.3, -0.25) is 4.79 Å². The molecule has 1 aliphatic carbocycles. The van der Waals surface area contributed by atoms with Crippen LogP contribution in [0, 0.1) is 16.0 Å². The van der Waals surface area contributed by atoms with Crippen molar-refractivity contribution in [1.29, 1.82) is 0 Å². The van der Waals surface area contributed by atoms with E-state index in [0.29, 0.717) is 12.8 Å². The van der Waals surface area contributed by atoms with Gasteiger partial charge in [-0.05, 0) is 19.3 Å². The molecule has 0 aliphatic heterocycles. The summed E-state index contributed by atoms with van der Waals surface area (Å²) < 4.78 is 9.69. The van der Waals surface area contributed by atoms with Crippen LogP contribution in [-0.4, -0.2) is 37.5 Å². The van der Waals surface area contributed by atoms with Gasteiger partial charge >= 0.3 is 5.97 Å². The highest BCUT2D eigenvalue weighted by Crippen LogP contribution is 2.29. The molecule has 0 amide bonds. The summed E-state index contributed by atoms with van der Waals surface area (Å²) in [5, 5.41) is 9.44. The van der Waals surface area contributed by atoms with E-state index in [2.05, 4.69) is 9.57 Å². The zero-order valence-corrected chi connectivity index (χ0v) is 9.25. The number of hydrogen-bond donors (Lipinski definition) is 0. The molecule has 16 heavy (non-hydrogen) atoms. The van der Waals surface area contributed by atoms with E-state index in [4.69, 9.17) is 4.74 Å². The van der Waals surface area contributed by atoms with Crippen LogP contribution in [0.5, 0.6) is 0 Å². The molecule has 0 heterocycles. The molecule has 1 rings (SSSR count). The summed E-state index contributed by atoms with van der Waals surface area (Å²) in [6.45, 7) is 0. The van der Waals surface area contributed by atoms with Crippen LogP contribution in [0.3, 0.4) is 0 Å². The Balaban J connectivity index is 2.61. The van der Waals surface area contributed by atoms with Crippen molar-refractivity contribution in [3.05, 3.63) is 10.1 Å². The summed E-state index contributed by atoms with van der Waals surface area (Å²) in [5.74, 6) is -0.701. The maximum Gasteiger partial charge on any atom is 0.308 e. The molecule has 1 fully saturated rings. The number of carbonyl (C=O) groups is 1. The van der Waals surface area contributed by atoms with Crippen LogP contribution in [0.25, 0.3) is 0 Å². The number of carbonyl (C=O) groups excluding carboxylic acids is 1. The van der Waals surface area contributed by atoms with E-state index >= 15 is 0 Å². The van der Waals surface area contributed by atoms with Crippen LogP contribution in [0.1, 0.15) is 19.3 Å². The lowest BCUT2D eigenvalue weighted by Crippen LogP contribution is -2.40. The van der Waals surface area contributed by atoms with Crippen molar-refractivity contribution >= 4 is 5.97 Å². The predicted octanol–water partition coefficient (Wildman–Crippen LogP) is 0.551. The molecule has 1 aliphatic rings. The lowest BCUT2D eigenvalue weighted by atomic mass is 9.85. The lowest BCUT2D eigenvalue weighted by molar-refractivity contribution is -0.771. The molecule has 1 saturated carbocycles. The van der Waals surface area contributed by atoms with Gasteiger partial charge in [-0.1, -0.05) is 0 Å². The highest BCUT2D eigenvalue weighted by Gasteiger charge is 2.36. The number of methoxy groups -OCH3 is 2. The normalized spacial score (nSPS) is 29.5. The van der Waals surface area contributed by atoms with Crippen LogP contribution < -0.4 is 0 Å². The number of rotatable bonds is 4. The lowest BCUT2D eigenvalue weighted by Gasteiger charge is -2.32. The summed E-state index contributed by atoms with van der Waals surface area (Å²) in [6, 6.07) is 0. The minimum Gasteiger partial charge on any atom is -0.469 e. The van der Waals surface area contributed by atoms with Gasteiger partial charge in [0.05, 0.1) is 19.1 Å². The quantitative estimate of drug-likeness (QED) is 0.400. The summed E-state index contributed by atoms with van der Waals surface area (Å²) in [5.41, 5.74) is 0. The number of ether oxygens (including phenoxy) is 2. The first-order valence-corrected chi connectivity index (χ1v) is 5.00. The van der Waals surface area contributed by atoms with Crippen molar-refractivity contribution in [1.82, 2.24) is 0 Å². The Hall–Kier alpha value is -1.37. The summed E-state index contributed by atoms with van der Waals surface area (Å²) >= 11 is 0. The second-order valence-electron chi connectivity index (χ2n) is 3.67. The molecular formula is C9H15NO6. The summed E-state index contributed by atoms with van der Waals surface area (Å²) in [6.07, 6.45) is 0.369. The van der Waals surface area contributed by atoms with Crippen molar-refractivity contribution in [3.8, 4) is 0 Å². The SMILES string of the molecule is COC(=O)[C@@H]1CC[C@H](OC)[C@@H](O[N+](=O)[O-])C1. The Labute approximate surface area is 92.8 Å². The van der Waals surface area contributed by atoms with E-state index < -0.39 is 11.2 Å². The van der Waals surface area contributed by atoms with E-state index in [1.54, 1.807) is 0 Å². The topological polar surface area (TPSA) is 87.9 Å². The molecule has 0 radical (unpaired) electrons. The molecule has 7 nitrogen and oxygen atoms in total. The Kier molecular flexibility index (Phi) is 4.48. The van der Waals surface area contributed by atoms with Gasteiger partial charge in [0.1, 0.15) is 6.10 Å². The molecule has 0 bridgehead atoms. The standard InChI is InChI=1S/C9H15NO6/c1-14-7-4-3-6(9(11)15-2)5-8(7)16-10(12)13/h6-8H,3-5H2,1-2H3/t6-,7+,8+/m1/s1. The molecule has 3 atom stereocenters. The first-order chi connectivity index (χ1) is 7.58. The third kappa shape index (κ3) is 3.06. The Morgan fingerprint density at radius 2 is 2.00 bits per heavy atom. The summed E-state index contributed by atoms with van der Waals surface area (Å²) in [7, 11) is 2.77. The van der Waals surface area contributed by atoms with Crippen molar-refractivity contribution in [2.75, 3.05) is 14.2 Å². The first-order valence-electron chi connectivity index (χ1n) is 5.00. The Bertz CT molecular complexity index is 269. The van der Waals surface area contributed by atoms with Crippen molar-refractivity contribution in [3.63, 3.8) is 0 Å². The van der Waals surface area contributed by atoms with E-state index in [9.17, 15) is 14.9 Å². The maximum absolute atomic E-state index is 11.3. The molecule has 0 spiro atoms. The summed E-state index contributed by atoms with van der Waals surface area (Å²) in [4.78, 5) is 26.1. The number of nitrogens with zero attached hydrogens (tertiary/aromatic N) is 1. The molecule has 92 valence electrons. The molecule has 0 N–H and O–H groups in total. The highest BCUT2D eigenvalue weighted by atomic mass is 17.0. The minimum atomic E-state index is -0.851. The van der Waals surface area contributed by atoms with Crippen molar-refractivity contribution in [2.24, 2.45) is 5.92 Å². The number of esters is 1. The first kappa shape index (κ1) is 12.7. The average Bonchev–Trinajstić information content (AvgIpc) is 2.27. The number of hydrogen-bond acceptors (Lipinski definition) is 6. The molecule has 0 aromatic carbocycles. The molecule has 0 aromatic heterocycles. The van der Waals surface area contributed by atoms with Gasteiger partial charge < -0.3 is 14.3 Å². The largest absolute Gasteiger partial charge is 0.469 e. The van der Waals surface area contributed by atoms with E-state index in [0.717, 1.165) is 0 Å². The van der Waals surface area contributed by atoms with Crippen molar-refractivity contribution < 1.29 is 24.2 Å².